The fraction of sp³-hybridized carbons (Fsp3) is 0.562. The molecule has 1 aromatic carbocycles. The molecule has 21 heavy (non-hydrogen) atoms. The maximum atomic E-state index is 13.5. The molecule has 0 spiro atoms. The summed E-state index contributed by atoms with van der Waals surface area (Å²) in [5.41, 5.74) is 1.80. The van der Waals surface area contributed by atoms with Gasteiger partial charge in [-0.15, -0.1) is 0 Å². The van der Waals surface area contributed by atoms with Gasteiger partial charge in [-0.3, -0.25) is 0 Å². The Morgan fingerprint density at radius 3 is 2.67 bits per heavy atom. The zero-order chi connectivity index (χ0) is 14.8. The van der Waals surface area contributed by atoms with Gasteiger partial charge in [0.25, 0.3) is 0 Å². The van der Waals surface area contributed by atoms with Gasteiger partial charge in [-0.05, 0) is 25.6 Å². The van der Waals surface area contributed by atoms with E-state index in [0.29, 0.717) is 0 Å². The van der Waals surface area contributed by atoms with E-state index in [-0.39, 0.29) is 5.82 Å². The van der Waals surface area contributed by atoms with Crippen LogP contribution in [0.5, 0.6) is 0 Å². The van der Waals surface area contributed by atoms with Crippen molar-refractivity contribution >= 4 is 17.0 Å². The van der Waals surface area contributed by atoms with E-state index in [1.807, 2.05) is 6.07 Å². The minimum absolute atomic E-state index is 0.215. The minimum atomic E-state index is -0.215. The number of unbranched alkanes of at least 4 members (excludes halogenated alkanes) is 1. The number of fused-ring (bicyclic) bond motifs is 1. The van der Waals surface area contributed by atoms with Crippen LogP contribution in [0.25, 0.3) is 11.0 Å². The van der Waals surface area contributed by atoms with Crippen LogP contribution in [0.3, 0.4) is 0 Å². The van der Waals surface area contributed by atoms with Crippen molar-refractivity contribution < 1.29 is 4.39 Å². The van der Waals surface area contributed by atoms with E-state index in [1.54, 1.807) is 0 Å². The molecule has 2 aromatic rings. The first-order valence-corrected chi connectivity index (χ1v) is 7.78. The third kappa shape index (κ3) is 2.88. The first-order valence-electron chi connectivity index (χ1n) is 7.78. The van der Waals surface area contributed by atoms with Gasteiger partial charge in [0.2, 0.25) is 5.95 Å². The number of imidazole rings is 1. The van der Waals surface area contributed by atoms with Crippen molar-refractivity contribution in [2.75, 3.05) is 38.1 Å². The van der Waals surface area contributed by atoms with Gasteiger partial charge in [0.1, 0.15) is 5.82 Å². The zero-order valence-corrected chi connectivity index (χ0v) is 12.8. The fourth-order valence-electron chi connectivity index (χ4n) is 2.87. The van der Waals surface area contributed by atoms with Crippen LogP contribution in [-0.4, -0.2) is 47.7 Å². The molecular formula is C16H23FN4. The number of rotatable bonds is 4. The van der Waals surface area contributed by atoms with Gasteiger partial charge in [0.15, 0.2) is 0 Å². The average Bonchev–Trinajstić information content (AvgIpc) is 2.83. The number of nitrogens with zero attached hydrogens (tertiary/aromatic N) is 4. The number of hydrogen-bond donors (Lipinski definition) is 0. The standard InChI is InChI=1S/C16H23FN4/c1-3-4-7-21-15-6-5-13(17)12-14(15)18-16(21)20-10-8-19(2)9-11-20/h5-6,12H,3-4,7-11H2,1-2H3. The van der Waals surface area contributed by atoms with Crippen molar-refractivity contribution in [3.05, 3.63) is 24.0 Å². The smallest absolute Gasteiger partial charge is 0.206 e. The molecule has 1 saturated heterocycles. The largest absolute Gasteiger partial charge is 0.340 e. The number of halogens is 1. The molecular weight excluding hydrogens is 267 g/mol. The highest BCUT2D eigenvalue weighted by Gasteiger charge is 2.20. The van der Waals surface area contributed by atoms with Gasteiger partial charge in [-0.2, -0.15) is 0 Å². The minimum Gasteiger partial charge on any atom is -0.340 e. The average molecular weight is 290 g/mol. The molecule has 4 nitrogen and oxygen atoms in total. The van der Waals surface area contributed by atoms with E-state index in [9.17, 15) is 4.39 Å². The van der Waals surface area contributed by atoms with E-state index < -0.39 is 0 Å². The lowest BCUT2D eigenvalue weighted by Crippen LogP contribution is -2.45. The summed E-state index contributed by atoms with van der Waals surface area (Å²) < 4.78 is 15.7. The lowest BCUT2D eigenvalue weighted by atomic mass is 10.3. The molecule has 0 atom stereocenters. The van der Waals surface area contributed by atoms with Crippen molar-refractivity contribution in [1.82, 2.24) is 14.5 Å². The predicted octanol–water partition coefficient (Wildman–Crippen LogP) is 2.73. The number of anilines is 1. The molecule has 0 aliphatic carbocycles. The maximum Gasteiger partial charge on any atom is 0.206 e. The Hall–Kier alpha value is -1.62. The Morgan fingerprint density at radius 1 is 1.19 bits per heavy atom. The molecule has 0 bridgehead atoms. The van der Waals surface area contributed by atoms with E-state index in [0.717, 1.165) is 62.5 Å². The summed E-state index contributed by atoms with van der Waals surface area (Å²) in [5.74, 6) is 0.782. The Bertz CT molecular complexity index is 614. The number of benzene rings is 1. The Labute approximate surface area is 125 Å². The molecule has 0 saturated carbocycles. The number of aromatic nitrogens is 2. The van der Waals surface area contributed by atoms with Gasteiger partial charge in [0, 0.05) is 38.8 Å². The fourth-order valence-corrected chi connectivity index (χ4v) is 2.87. The van der Waals surface area contributed by atoms with Crippen LogP contribution in [-0.2, 0) is 6.54 Å². The van der Waals surface area contributed by atoms with Crippen molar-refractivity contribution in [2.45, 2.75) is 26.3 Å². The van der Waals surface area contributed by atoms with E-state index in [2.05, 4.69) is 28.3 Å². The topological polar surface area (TPSA) is 24.3 Å². The maximum absolute atomic E-state index is 13.5. The number of piperazine rings is 1. The second-order valence-corrected chi connectivity index (χ2v) is 5.84. The second-order valence-electron chi connectivity index (χ2n) is 5.84. The molecule has 3 rings (SSSR count). The summed E-state index contributed by atoms with van der Waals surface area (Å²) in [5, 5.41) is 0. The first kappa shape index (κ1) is 14.3. The van der Waals surface area contributed by atoms with Crippen LogP contribution in [0.2, 0.25) is 0 Å². The number of hydrogen-bond acceptors (Lipinski definition) is 3. The van der Waals surface area contributed by atoms with E-state index in [4.69, 9.17) is 4.98 Å². The molecule has 1 fully saturated rings. The van der Waals surface area contributed by atoms with Gasteiger partial charge in [0.05, 0.1) is 11.0 Å². The van der Waals surface area contributed by atoms with Crippen LogP contribution in [0, 0.1) is 5.82 Å². The predicted molar refractivity (Wildman–Crippen MR) is 84.3 cm³/mol. The summed E-state index contributed by atoms with van der Waals surface area (Å²) in [7, 11) is 2.15. The van der Waals surface area contributed by atoms with Crippen molar-refractivity contribution in [2.24, 2.45) is 0 Å². The summed E-state index contributed by atoms with van der Waals surface area (Å²) in [6.45, 7) is 7.19. The second kappa shape index (κ2) is 6.02. The quantitative estimate of drug-likeness (QED) is 0.865. The van der Waals surface area contributed by atoms with Crippen molar-refractivity contribution in [3.8, 4) is 0 Å². The molecule has 1 aliphatic heterocycles. The van der Waals surface area contributed by atoms with Crippen LogP contribution >= 0.6 is 0 Å². The molecule has 5 heteroatoms. The Kier molecular flexibility index (Phi) is 4.10. The monoisotopic (exact) mass is 290 g/mol. The molecule has 2 heterocycles. The van der Waals surface area contributed by atoms with Crippen LogP contribution < -0.4 is 4.90 Å². The first-order chi connectivity index (χ1) is 10.2. The summed E-state index contributed by atoms with van der Waals surface area (Å²) >= 11 is 0. The molecule has 0 unspecified atom stereocenters. The molecule has 1 aromatic heterocycles. The normalized spacial score (nSPS) is 16.8. The number of likely N-dealkylation sites (N-methyl/N-ethyl adjacent to an activating group) is 1. The lowest BCUT2D eigenvalue weighted by Gasteiger charge is -2.33. The van der Waals surface area contributed by atoms with E-state index in [1.165, 1.54) is 12.1 Å². The Balaban J connectivity index is 1.99. The van der Waals surface area contributed by atoms with Gasteiger partial charge >= 0.3 is 0 Å². The molecule has 114 valence electrons. The molecule has 1 aliphatic rings. The highest BCUT2D eigenvalue weighted by Crippen LogP contribution is 2.25. The van der Waals surface area contributed by atoms with E-state index >= 15 is 0 Å². The third-order valence-corrected chi connectivity index (χ3v) is 4.21. The lowest BCUT2D eigenvalue weighted by molar-refractivity contribution is 0.310. The highest BCUT2D eigenvalue weighted by atomic mass is 19.1. The van der Waals surface area contributed by atoms with Crippen LogP contribution in [0.1, 0.15) is 19.8 Å². The molecule has 0 N–H and O–H groups in total. The number of aryl methyl sites for hydroxylation is 1. The summed E-state index contributed by atoms with van der Waals surface area (Å²) in [6, 6.07) is 4.92. The highest BCUT2D eigenvalue weighted by molar-refractivity contribution is 5.79. The van der Waals surface area contributed by atoms with Gasteiger partial charge < -0.3 is 14.4 Å². The third-order valence-electron chi connectivity index (χ3n) is 4.21. The van der Waals surface area contributed by atoms with Gasteiger partial charge in [-0.25, -0.2) is 9.37 Å². The van der Waals surface area contributed by atoms with Crippen molar-refractivity contribution in [3.63, 3.8) is 0 Å². The van der Waals surface area contributed by atoms with Gasteiger partial charge in [-0.1, -0.05) is 13.3 Å². The summed E-state index contributed by atoms with van der Waals surface area (Å²) in [6.07, 6.45) is 2.26. The summed E-state index contributed by atoms with van der Waals surface area (Å²) in [4.78, 5) is 9.36. The zero-order valence-electron chi connectivity index (χ0n) is 12.8. The molecule has 0 amide bonds. The molecule has 0 radical (unpaired) electrons. The Morgan fingerprint density at radius 2 is 1.95 bits per heavy atom. The van der Waals surface area contributed by atoms with Crippen LogP contribution in [0.4, 0.5) is 10.3 Å². The van der Waals surface area contributed by atoms with Crippen molar-refractivity contribution in [1.29, 1.82) is 0 Å². The van der Waals surface area contributed by atoms with Crippen LogP contribution in [0.15, 0.2) is 18.2 Å². The SMILES string of the molecule is CCCCn1c(N2CCN(C)CC2)nc2cc(F)ccc21.